The van der Waals surface area contributed by atoms with Gasteiger partial charge in [0.15, 0.2) is 0 Å². The topological polar surface area (TPSA) is 81.6 Å². The number of aliphatic hydroxyl groups excluding tert-OH is 2. The third kappa shape index (κ3) is 5.84. The first kappa shape index (κ1) is 24.4. The minimum absolute atomic E-state index is 0.284. The molecule has 1 amide bonds. The van der Waals surface area contributed by atoms with Crippen LogP contribution in [0, 0.1) is 0 Å². The van der Waals surface area contributed by atoms with Crippen LogP contribution in [0.4, 0.5) is 0 Å². The molecule has 5 nitrogen and oxygen atoms in total. The molecule has 34 heavy (non-hydrogen) atoms. The summed E-state index contributed by atoms with van der Waals surface area (Å²) in [5.74, 6) is 0.204. The molecule has 0 aromatic heterocycles. The second kappa shape index (κ2) is 11.1. The van der Waals surface area contributed by atoms with Crippen molar-refractivity contribution in [1.29, 1.82) is 0 Å². The van der Waals surface area contributed by atoms with Crippen molar-refractivity contribution in [2.24, 2.45) is 0 Å². The maximum Gasteiger partial charge on any atom is 0.251 e. The van der Waals surface area contributed by atoms with Crippen LogP contribution >= 0.6 is 0 Å². The van der Waals surface area contributed by atoms with Crippen molar-refractivity contribution in [3.8, 4) is 0 Å². The molecule has 3 aromatic carbocycles. The Morgan fingerprint density at radius 2 is 1.71 bits per heavy atom. The summed E-state index contributed by atoms with van der Waals surface area (Å²) in [7, 11) is 0. The fourth-order valence-corrected chi connectivity index (χ4v) is 4.98. The average Bonchev–Trinajstić information content (AvgIpc) is 2.89. The Bertz CT molecular complexity index is 1090. The maximum absolute atomic E-state index is 12.5. The standard InChI is InChI=1S/C29H36N2O3/c1-29(19-32,20-33)31-28(34)24-14-12-21(13-15-24)25-9-5-10-26(18-25)30-17-16-23-8-4-7-22-6-2-3-11-27(22)23/h2-4,6-8,11-15,25-26,30,32-33H,5,9-10,16-20H2,1H3,(H,31,34)/t25-,26?/m1/s1. The van der Waals surface area contributed by atoms with Gasteiger partial charge in [-0.25, -0.2) is 0 Å². The van der Waals surface area contributed by atoms with Gasteiger partial charge in [0, 0.05) is 11.6 Å². The van der Waals surface area contributed by atoms with E-state index in [1.807, 2.05) is 24.3 Å². The van der Waals surface area contributed by atoms with Crippen LogP contribution < -0.4 is 10.6 Å². The molecule has 1 aliphatic rings. The van der Waals surface area contributed by atoms with Crippen molar-refractivity contribution in [2.45, 2.75) is 56.5 Å². The van der Waals surface area contributed by atoms with Crippen molar-refractivity contribution in [2.75, 3.05) is 19.8 Å². The Kier molecular flexibility index (Phi) is 7.99. The third-order valence-electron chi connectivity index (χ3n) is 7.14. The first-order valence-electron chi connectivity index (χ1n) is 12.4. The molecule has 0 bridgehead atoms. The molecule has 1 saturated carbocycles. The molecule has 2 atom stereocenters. The van der Waals surface area contributed by atoms with E-state index >= 15 is 0 Å². The molecule has 4 N–H and O–H groups in total. The molecule has 5 heteroatoms. The van der Waals surface area contributed by atoms with Crippen molar-refractivity contribution >= 4 is 16.7 Å². The van der Waals surface area contributed by atoms with Gasteiger partial charge in [0.05, 0.1) is 18.8 Å². The highest BCUT2D eigenvalue weighted by atomic mass is 16.3. The lowest BCUT2D eigenvalue weighted by Gasteiger charge is -2.30. The van der Waals surface area contributed by atoms with E-state index in [1.54, 1.807) is 6.92 Å². The Morgan fingerprint density at radius 3 is 2.47 bits per heavy atom. The Balaban J connectivity index is 1.31. The summed E-state index contributed by atoms with van der Waals surface area (Å²) in [5.41, 5.74) is 2.18. The molecule has 3 aromatic rings. The smallest absolute Gasteiger partial charge is 0.251 e. The van der Waals surface area contributed by atoms with Crippen LogP contribution in [0.1, 0.15) is 60.0 Å². The average molecular weight is 461 g/mol. The summed E-state index contributed by atoms with van der Waals surface area (Å²) in [6.45, 7) is 1.96. The van der Waals surface area contributed by atoms with E-state index < -0.39 is 5.54 Å². The number of benzene rings is 3. The van der Waals surface area contributed by atoms with Gasteiger partial charge in [0.2, 0.25) is 0 Å². The largest absolute Gasteiger partial charge is 0.394 e. The molecule has 0 spiro atoms. The lowest BCUT2D eigenvalue weighted by molar-refractivity contribution is 0.0724. The first-order valence-corrected chi connectivity index (χ1v) is 12.4. The highest BCUT2D eigenvalue weighted by molar-refractivity contribution is 5.94. The van der Waals surface area contributed by atoms with Crippen molar-refractivity contribution in [1.82, 2.24) is 10.6 Å². The maximum atomic E-state index is 12.5. The molecule has 0 saturated heterocycles. The molecule has 1 fully saturated rings. The Morgan fingerprint density at radius 1 is 0.971 bits per heavy atom. The van der Waals surface area contributed by atoms with Gasteiger partial charge < -0.3 is 20.8 Å². The fraction of sp³-hybridized carbons (Fsp3) is 0.414. The molecule has 0 heterocycles. The highest BCUT2D eigenvalue weighted by Crippen LogP contribution is 2.33. The molecule has 0 aliphatic heterocycles. The SMILES string of the molecule is CC(CO)(CO)NC(=O)c1ccc([C@@H]2CCCC(NCCc3cccc4ccccc34)C2)cc1. The molecular formula is C29H36N2O3. The number of nitrogens with one attached hydrogen (secondary N) is 2. The third-order valence-corrected chi connectivity index (χ3v) is 7.14. The zero-order valence-corrected chi connectivity index (χ0v) is 20.0. The molecule has 1 unspecified atom stereocenters. The Hall–Kier alpha value is -2.73. The van der Waals surface area contributed by atoms with Gasteiger partial charge in [-0.1, -0.05) is 61.0 Å². The van der Waals surface area contributed by atoms with E-state index in [0.29, 0.717) is 17.5 Å². The zero-order chi connectivity index (χ0) is 24.0. The first-order chi connectivity index (χ1) is 16.5. The lowest BCUT2D eigenvalue weighted by atomic mass is 9.81. The normalized spacial score (nSPS) is 18.7. The monoisotopic (exact) mass is 460 g/mol. The predicted molar refractivity (Wildman–Crippen MR) is 137 cm³/mol. The van der Waals surface area contributed by atoms with Crippen molar-refractivity contribution < 1.29 is 15.0 Å². The minimum Gasteiger partial charge on any atom is -0.394 e. The van der Waals surface area contributed by atoms with Crippen LogP contribution in [0.2, 0.25) is 0 Å². The van der Waals surface area contributed by atoms with Crippen LogP contribution in [0.25, 0.3) is 10.8 Å². The van der Waals surface area contributed by atoms with Crippen molar-refractivity contribution in [3.05, 3.63) is 83.4 Å². The zero-order valence-electron chi connectivity index (χ0n) is 20.0. The lowest BCUT2D eigenvalue weighted by Crippen LogP contribution is -2.51. The number of fused-ring (bicyclic) bond motifs is 1. The number of aliphatic hydroxyl groups is 2. The number of hydrogen-bond donors (Lipinski definition) is 4. The van der Waals surface area contributed by atoms with E-state index in [0.717, 1.165) is 19.4 Å². The Labute approximate surface area is 202 Å². The van der Waals surface area contributed by atoms with Crippen LogP contribution in [0.3, 0.4) is 0 Å². The van der Waals surface area contributed by atoms with E-state index in [4.69, 9.17) is 0 Å². The quantitative estimate of drug-likeness (QED) is 0.386. The van der Waals surface area contributed by atoms with E-state index in [1.165, 1.54) is 41.2 Å². The number of carbonyl (C=O) groups is 1. The van der Waals surface area contributed by atoms with Crippen LogP contribution in [0.15, 0.2) is 66.7 Å². The molecule has 0 radical (unpaired) electrons. The molecule has 4 rings (SSSR count). The minimum atomic E-state index is -1.02. The highest BCUT2D eigenvalue weighted by Gasteiger charge is 2.26. The van der Waals surface area contributed by atoms with Crippen LogP contribution in [0.5, 0.6) is 0 Å². The number of hydrogen-bond acceptors (Lipinski definition) is 4. The number of rotatable bonds is 9. The second-order valence-electron chi connectivity index (χ2n) is 9.86. The van der Waals surface area contributed by atoms with E-state index in [2.05, 4.69) is 53.1 Å². The summed E-state index contributed by atoms with van der Waals surface area (Å²) in [6, 6.07) is 23.4. The van der Waals surface area contributed by atoms with Crippen LogP contribution in [-0.2, 0) is 6.42 Å². The molecule has 180 valence electrons. The summed E-state index contributed by atoms with van der Waals surface area (Å²) < 4.78 is 0. The van der Waals surface area contributed by atoms with Gasteiger partial charge in [0.1, 0.15) is 0 Å². The van der Waals surface area contributed by atoms with Crippen LogP contribution in [-0.4, -0.2) is 47.5 Å². The predicted octanol–water partition coefficient (Wildman–Crippen LogP) is 4.17. The number of carbonyl (C=O) groups excluding carboxylic acids is 1. The van der Waals surface area contributed by atoms with Gasteiger partial charge >= 0.3 is 0 Å². The summed E-state index contributed by atoms with van der Waals surface area (Å²) in [4.78, 5) is 12.5. The fourth-order valence-electron chi connectivity index (χ4n) is 4.98. The summed E-state index contributed by atoms with van der Waals surface area (Å²) in [6.07, 6.45) is 5.69. The summed E-state index contributed by atoms with van der Waals surface area (Å²) >= 11 is 0. The van der Waals surface area contributed by atoms with Crippen molar-refractivity contribution in [3.63, 3.8) is 0 Å². The second-order valence-corrected chi connectivity index (χ2v) is 9.86. The summed E-state index contributed by atoms with van der Waals surface area (Å²) in [5, 5.41) is 28.0. The molecule has 1 aliphatic carbocycles. The van der Waals surface area contributed by atoms with E-state index in [9.17, 15) is 15.0 Å². The van der Waals surface area contributed by atoms with Gasteiger partial charge in [-0.2, -0.15) is 0 Å². The molecular weight excluding hydrogens is 424 g/mol. The van der Waals surface area contributed by atoms with Gasteiger partial charge in [-0.15, -0.1) is 0 Å². The van der Waals surface area contributed by atoms with Gasteiger partial charge in [0.25, 0.3) is 5.91 Å². The van der Waals surface area contributed by atoms with E-state index in [-0.39, 0.29) is 19.1 Å². The number of amides is 1. The van der Waals surface area contributed by atoms with Gasteiger partial charge in [-0.05, 0) is 79.1 Å². The van der Waals surface area contributed by atoms with Gasteiger partial charge in [-0.3, -0.25) is 4.79 Å².